The van der Waals surface area contributed by atoms with Gasteiger partial charge in [-0.15, -0.1) is 0 Å². The molecule has 0 fully saturated rings. The van der Waals surface area contributed by atoms with Crippen molar-refractivity contribution in [2.45, 2.75) is 6.54 Å². The summed E-state index contributed by atoms with van der Waals surface area (Å²) in [5.41, 5.74) is 1.01. The van der Waals surface area contributed by atoms with Crippen molar-refractivity contribution in [1.29, 1.82) is 0 Å². The molecule has 1 aliphatic rings. The molecule has 0 spiro atoms. The largest absolute Gasteiger partial charge is 0.478 e. The summed E-state index contributed by atoms with van der Waals surface area (Å²) in [6, 6.07) is 13.2. The van der Waals surface area contributed by atoms with E-state index in [9.17, 15) is 19.5 Å². The third-order valence-corrected chi connectivity index (χ3v) is 4.06. The van der Waals surface area contributed by atoms with Gasteiger partial charge in [-0.2, -0.15) is 0 Å². The fourth-order valence-electron chi connectivity index (χ4n) is 2.97. The number of aromatic carboxylic acids is 1. The average Bonchev–Trinajstić information content (AvgIpc) is 3.06. The molecule has 0 bridgehead atoms. The fraction of sp³-hybridized carbons (Fsp3) is 0.0556. The molecule has 1 aliphatic heterocycles. The van der Waals surface area contributed by atoms with Crippen LogP contribution in [0.2, 0.25) is 0 Å². The SMILES string of the molecule is O=C(O)c1c(CN2C(=O)c3ccccc3C2=O)oc2ccccc12. The molecule has 2 aromatic carbocycles. The highest BCUT2D eigenvalue weighted by atomic mass is 16.4. The van der Waals surface area contributed by atoms with Crippen molar-refractivity contribution in [3.8, 4) is 0 Å². The molecule has 2 amide bonds. The van der Waals surface area contributed by atoms with E-state index in [4.69, 9.17) is 4.42 Å². The second-order valence-electron chi connectivity index (χ2n) is 5.44. The zero-order valence-electron chi connectivity index (χ0n) is 12.4. The van der Waals surface area contributed by atoms with Gasteiger partial charge < -0.3 is 9.52 Å². The summed E-state index contributed by atoms with van der Waals surface area (Å²) < 4.78 is 5.59. The minimum Gasteiger partial charge on any atom is -0.478 e. The first-order valence-electron chi connectivity index (χ1n) is 7.27. The second-order valence-corrected chi connectivity index (χ2v) is 5.44. The maximum atomic E-state index is 12.4. The van der Waals surface area contributed by atoms with Gasteiger partial charge in [0.05, 0.1) is 17.7 Å². The number of carbonyl (C=O) groups excluding carboxylic acids is 2. The lowest BCUT2D eigenvalue weighted by molar-refractivity contribution is 0.0616. The summed E-state index contributed by atoms with van der Waals surface area (Å²) in [6.45, 7) is -0.220. The number of imide groups is 1. The highest BCUT2D eigenvalue weighted by molar-refractivity contribution is 6.21. The molecule has 0 aliphatic carbocycles. The first kappa shape index (κ1) is 14.2. The molecule has 1 aromatic heterocycles. The lowest BCUT2D eigenvalue weighted by Gasteiger charge is -2.12. The van der Waals surface area contributed by atoms with Crippen LogP contribution in [0.15, 0.2) is 52.9 Å². The molecule has 6 nitrogen and oxygen atoms in total. The highest BCUT2D eigenvalue weighted by Crippen LogP contribution is 2.30. The lowest BCUT2D eigenvalue weighted by Crippen LogP contribution is -2.29. The van der Waals surface area contributed by atoms with E-state index in [0.717, 1.165) is 4.90 Å². The highest BCUT2D eigenvalue weighted by Gasteiger charge is 2.36. The number of furan rings is 1. The monoisotopic (exact) mass is 321 g/mol. The first-order chi connectivity index (χ1) is 11.6. The zero-order chi connectivity index (χ0) is 16.8. The number of rotatable bonds is 3. The average molecular weight is 321 g/mol. The minimum atomic E-state index is -1.16. The van der Waals surface area contributed by atoms with E-state index in [0.29, 0.717) is 22.1 Å². The molecule has 0 unspecified atom stereocenters. The van der Waals surface area contributed by atoms with Crippen LogP contribution in [-0.2, 0) is 6.54 Å². The van der Waals surface area contributed by atoms with Crippen LogP contribution in [0.5, 0.6) is 0 Å². The number of carboxylic acids is 1. The topological polar surface area (TPSA) is 87.8 Å². The molecule has 0 saturated carbocycles. The molecule has 0 radical (unpaired) electrons. The number of carbonyl (C=O) groups is 3. The molecular formula is C18H11NO5. The predicted octanol–water partition coefficient (Wildman–Crippen LogP) is 2.93. The van der Waals surface area contributed by atoms with Crippen molar-refractivity contribution < 1.29 is 23.9 Å². The molecule has 2 heterocycles. The van der Waals surface area contributed by atoms with Crippen molar-refractivity contribution in [1.82, 2.24) is 4.90 Å². The number of benzene rings is 2. The molecule has 24 heavy (non-hydrogen) atoms. The summed E-state index contributed by atoms with van der Waals surface area (Å²) in [5, 5.41) is 9.92. The van der Waals surface area contributed by atoms with Crippen LogP contribution in [0.1, 0.15) is 36.8 Å². The van der Waals surface area contributed by atoms with Crippen LogP contribution >= 0.6 is 0 Å². The van der Waals surface area contributed by atoms with Crippen molar-refractivity contribution in [2.24, 2.45) is 0 Å². The smallest absolute Gasteiger partial charge is 0.339 e. The van der Waals surface area contributed by atoms with E-state index < -0.39 is 17.8 Å². The minimum absolute atomic E-state index is 0.0258. The Labute approximate surface area is 135 Å². The maximum Gasteiger partial charge on any atom is 0.339 e. The maximum absolute atomic E-state index is 12.4. The Morgan fingerprint density at radius 3 is 2.17 bits per heavy atom. The van der Waals surface area contributed by atoms with Gasteiger partial charge in [-0.3, -0.25) is 14.5 Å². The zero-order valence-corrected chi connectivity index (χ0v) is 12.4. The van der Waals surface area contributed by atoms with Gasteiger partial charge in [0, 0.05) is 5.39 Å². The van der Waals surface area contributed by atoms with Crippen LogP contribution in [0.4, 0.5) is 0 Å². The van der Waals surface area contributed by atoms with Crippen LogP contribution in [0, 0.1) is 0 Å². The standard InChI is InChI=1S/C18H11NO5/c20-16-10-5-1-2-6-11(10)17(21)19(16)9-14-15(18(22)23)12-7-3-4-8-13(12)24-14/h1-8H,9H2,(H,22,23). The second kappa shape index (κ2) is 5.06. The Morgan fingerprint density at radius 1 is 0.958 bits per heavy atom. The summed E-state index contributed by atoms with van der Waals surface area (Å²) >= 11 is 0. The summed E-state index contributed by atoms with van der Waals surface area (Å²) in [7, 11) is 0. The molecule has 0 saturated heterocycles. The molecular weight excluding hydrogens is 310 g/mol. The van der Waals surface area contributed by atoms with Crippen LogP contribution in [0.3, 0.4) is 0 Å². The molecule has 0 atom stereocenters. The molecule has 6 heteroatoms. The fourth-order valence-corrected chi connectivity index (χ4v) is 2.97. The van der Waals surface area contributed by atoms with Crippen molar-refractivity contribution in [3.05, 3.63) is 71.0 Å². The normalized spacial score (nSPS) is 13.6. The van der Waals surface area contributed by atoms with Gasteiger partial charge in [0.25, 0.3) is 11.8 Å². The summed E-state index contributed by atoms with van der Waals surface area (Å²) in [6.07, 6.45) is 0. The Kier molecular flexibility index (Phi) is 2.99. The molecule has 1 N–H and O–H groups in total. The number of nitrogens with zero attached hydrogens (tertiary/aromatic N) is 1. The predicted molar refractivity (Wildman–Crippen MR) is 83.8 cm³/mol. The van der Waals surface area contributed by atoms with E-state index in [1.54, 1.807) is 48.5 Å². The Morgan fingerprint density at radius 2 is 1.54 bits per heavy atom. The number of para-hydroxylation sites is 1. The number of carboxylic acid groups (broad SMARTS) is 1. The van der Waals surface area contributed by atoms with Gasteiger partial charge in [0.2, 0.25) is 0 Å². The van der Waals surface area contributed by atoms with Gasteiger partial charge in [0.1, 0.15) is 16.9 Å². The van der Waals surface area contributed by atoms with E-state index >= 15 is 0 Å². The van der Waals surface area contributed by atoms with E-state index in [-0.39, 0.29) is 17.9 Å². The molecule has 118 valence electrons. The van der Waals surface area contributed by atoms with Gasteiger partial charge >= 0.3 is 5.97 Å². The van der Waals surface area contributed by atoms with E-state index in [1.807, 2.05) is 0 Å². The number of hydrogen-bond donors (Lipinski definition) is 1. The third-order valence-electron chi connectivity index (χ3n) is 4.06. The third kappa shape index (κ3) is 1.93. The van der Waals surface area contributed by atoms with E-state index in [2.05, 4.69) is 0 Å². The van der Waals surface area contributed by atoms with Gasteiger partial charge in [-0.25, -0.2) is 4.79 Å². The summed E-state index contributed by atoms with van der Waals surface area (Å²) in [4.78, 5) is 37.5. The molecule has 3 aromatic rings. The molecule has 4 rings (SSSR count). The number of fused-ring (bicyclic) bond motifs is 2. The lowest BCUT2D eigenvalue weighted by atomic mass is 10.1. The quantitative estimate of drug-likeness (QED) is 0.749. The Hall–Kier alpha value is -3.41. The van der Waals surface area contributed by atoms with Crippen LogP contribution in [0.25, 0.3) is 11.0 Å². The van der Waals surface area contributed by atoms with Crippen molar-refractivity contribution in [2.75, 3.05) is 0 Å². The van der Waals surface area contributed by atoms with Gasteiger partial charge in [0.15, 0.2) is 0 Å². The first-order valence-corrected chi connectivity index (χ1v) is 7.27. The van der Waals surface area contributed by atoms with Gasteiger partial charge in [-0.05, 0) is 18.2 Å². The van der Waals surface area contributed by atoms with Crippen LogP contribution < -0.4 is 0 Å². The van der Waals surface area contributed by atoms with Gasteiger partial charge in [-0.1, -0.05) is 30.3 Å². The number of amides is 2. The van der Waals surface area contributed by atoms with E-state index in [1.165, 1.54) is 0 Å². The van der Waals surface area contributed by atoms with Crippen molar-refractivity contribution in [3.63, 3.8) is 0 Å². The van der Waals surface area contributed by atoms with Crippen LogP contribution in [-0.4, -0.2) is 27.8 Å². The number of hydrogen-bond acceptors (Lipinski definition) is 4. The summed E-state index contributed by atoms with van der Waals surface area (Å²) in [5.74, 6) is -1.98. The Bertz CT molecular complexity index is 982. The van der Waals surface area contributed by atoms with Crippen molar-refractivity contribution >= 4 is 28.8 Å². The Balaban J connectivity index is 1.79.